The number of benzene rings is 2. The van der Waals surface area contributed by atoms with Gasteiger partial charge in [-0.1, -0.05) is 42.5 Å². The standard InChI is InChI=1S/C30H32N10O4S/c31-26-27(39-44-38-26)35-24(19-6-2-1-3-7-19)25(37-32)29(42)33-17-18-5-4-8-20(15-18)28(41)36-30-34-22-10-9-21(16-23(22)45-30)40-11-13-43-14-12-40/h1-8,15,21,25,32H,9-14,16-17H2,(H2,31,38)(H,33,42)(H,34,36,41). The number of anilines is 2. The molecule has 45 heavy (non-hydrogen) atoms. The molecular weight excluding hydrogens is 596 g/mol. The molecule has 2 aliphatic rings. The van der Waals surface area contributed by atoms with Crippen LogP contribution in [0.25, 0.3) is 0 Å². The second kappa shape index (κ2) is 13.8. The maximum Gasteiger partial charge on any atom is 0.257 e. The van der Waals surface area contributed by atoms with Crippen molar-refractivity contribution >= 4 is 45.6 Å². The molecule has 2 amide bonds. The number of aryl methyl sites for hydroxylation is 1. The normalized spacial score (nSPS) is 17.7. The van der Waals surface area contributed by atoms with Crippen LogP contribution in [0.4, 0.5) is 16.8 Å². The van der Waals surface area contributed by atoms with E-state index in [1.807, 2.05) is 6.07 Å². The molecule has 4 aromatic rings. The number of hydrogen-bond acceptors (Lipinski definition) is 13. The van der Waals surface area contributed by atoms with E-state index in [1.165, 1.54) is 16.2 Å². The molecule has 232 valence electrons. The number of aromatic nitrogens is 3. The van der Waals surface area contributed by atoms with Crippen LogP contribution in [0.15, 0.2) is 69.3 Å². The maximum atomic E-state index is 13.3. The average molecular weight is 629 g/mol. The van der Waals surface area contributed by atoms with Crippen molar-refractivity contribution in [2.24, 2.45) is 10.1 Å². The largest absolute Gasteiger partial charge is 0.379 e. The summed E-state index contributed by atoms with van der Waals surface area (Å²) in [6.07, 6.45) is 2.88. The summed E-state index contributed by atoms with van der Waals surface area (Å²) in [5.74, 6) is -0.929. The zero-order chi connectivity index (χ0) is 31.2. The first kappa shape index (κ1) is 30.2. The number of morpholine rings is 1. The van der Waals surface area contributed by atoms with E-state index in [0.717, 1.165) is 51.3 Å². The zero-order valence-electron chi connectivity index (χ0n) is 24.3. The number of thiazole rings is 1. The molecule has 3 heterocycles. The van der Waals surface area contributed by atoms with Gasteiger partial charge >= 0.3 is 0 Å². The van der Waals surface area contributed by atoms with Crippen LogP contribution in [-0.2, 0) is 28.9 Å². The van der Waals surface area contributed by atoms with Crippen molar-refractivity contribution in [1.29, 1.82) is 5.53 Å². The fourth-order valence-electron chi connectivity index (χ4n) is 5.46. The molecule has 2 aromatic carbocycles. The average Bonchev–Trinajstić information content (AvgIpc) is 3.68. The van der Waals surface area contributed by atoms with Gasteiger partial charge in [-0.3, -0.25) is 19.8 Å². The second-order valence-corrected chi connectivity index (χ2v) is 11.8. The number of carbonyl (C=O) groups excluding carboxylic acids is 2. The first-order chi connectivity index (χ1) is 22.0. The Morgan fingerprint density at radius 3 is 2.67 bits per heavy atom. The first-order valence-corrected chi connectivity index (χ1v) is 15.4. The number of nitrogens with one attached hydrogen (secondary N) is 3. The molecule has 5 N–H and O–H groups in total. The highest BCUT2D eigenvalue weighted by Gasteiger charge is 2.29. The van der Waals surface area contributed by atoms with E-state index in [1.54, 1.807) is 48.5 Å². The highest BCUT2D eigenvalue weighted by molar-refractivity contribution is 7.15. The second-order valence-electron chi connectivity index (χ2n) is 10.7. The lowest BCUT2D eigenvalue weighted by molar-refractivity contribution is -0.121. The third-order valence-corrected chi connectivity index (χ3v) is 8.82. The predicted molar refractivity (Wildman–Crippen MR) is 167 cm³/mol. The monoisotopic (exact) mass is 628 g/mol. The minimum atomic E-state index is -1.30. The Balaban J connectivity index is 1.10. The molecule has 2 aromatic heterocycles. The van der Waals surface area contributed by atoms with E-state index in [-0.39, 0.29) is 29.8 Å². The molecule has 2 unspecified atom stereocenters. The van der Waals surface area contributed by atoms with Crippen LogP contribution in [0.5, 0.6) is 0 Å². The van der Waals surface area contributed by atoms with Crippen molar-refractivity contribution in [2.75, 3.05) is 37.4 Å². The topological polar surface area (TPSA) is 197 Å². The molecule has 15 heteroatoms. The van der Waals surface area contributed by atoms with Gasteiger partial charge in [-0.05, 0) is 52.8 Å². The van der Waals surface area contributed by atoms with Crippen LogP contribution in [0.3, 0.4) is 0 Å². The van der Waals surface area contributed by atoms with Gasteiger partial charge in [-0.15, -0.1) is 11.3 Å². The van der Waals surface area contributed by atoms with E-state index in [0.29, 0.717) is 27.9 Å². The summed E-state index contributed by atoms with van der Waals surface area (Å²) in [5, 5.41) is 17.1. The molecule has 14 nitrogen and oxygen atoms in total. The molecule has 2 atom stereocenters. The fraction of sp³-hybridized carbons (Fsp3) is 0.333. The number of carbonyl (C=O) groups is 2. The highest BCUT2D eigenvalue weighted by atomic mass is 32.1. The molecule has 0 radical (unpaired) electrons. The summed E-state index contributed by atoms with van der Waals surface area (Å²) >= 11 is 1.53. The number of amides is 2. The van der Waals surface area contributed by atoms with E-state index in [4.69, 9.17) is 21.0 Å². The van der Waals surface area contributed by atoms with E-state index in [9.17, 15) is 9.59 Å². The van der Waals surface area contributed by atoms with Crippen LogP contribution in [0.1, 0.15) is 38.5 Å². The Kier molecular flexibility index (Phi) is 9.28. The summed E-state index contributed by atoms with van der Waals surface area (Å²) < 4.78 is 10.1. The van der Waals surface area contributed by atoms with Crippen molar-refractivity contribution in [3.05, 3.63) is 81.9 Å². The van der Waals surface area contributed by atoms with Crippen molar-refractivity contribution in [2.45, 2.75) is 37.9 Å². The number of aliphatic imine (C=N–C) groups is 1. The van der Waals surface area contributed by atoms with Gasteiger partial charge in [-0.25, -0.2) is 20.1 Å². The molecule has 6 rings (SSSR count). The fourth-order valence-corrected chi connectivity index (χ4v) is 6.54. The van der Waals surface area contributed by atoms with Crippen LogP contribution >= 0.6 is 11.3 Å². The Morgan fingerprint density at radius 1 is 1.11 bits per heavy atom. The summed E-state index contributed by atoms with van der Waals surface area (Å²) in [6.45, 7) is 3.55. The van der Waals surface area contributed by atoms with Gasteiger partial charge in [0.15, 0.2) is 11.2 Å². The lowest BCUT2D eigenvalue weighted by Crippen LogP contribution is -2.45. The number of hydrogen-bond donors (Lipinski definition) is 4. The maximum absolute atomic E-state index is 13.3. The minimum absolute atomic E-state index is 0.0213. The van der Waals surface area contributed by atoms with Gasteiger partial charge in [0.05, 0.1) is 24.6 Å². The Morgan fingerprint density at radius 2 is 1.91 bits per heavy atom. The minimum Gasteiger partial charge on any atom is -0.379 e. The van der Waals surface area contributed by atoms with Crippen molar-refractivity contribution < 1.29 is 19.0 Å². The van der Waals surface area contributed by atoms with Gasteiger partial charge in [0.25, 0.3) is 11.8 Å². The third-order valence-electron chi connectivity index (χ3n) is 7.78. The summed E-state index contributed by atoms with van der Waals surface area (Å²) in [5.41, 5.74) is 16.4. The van der Waals surface area contributed by atoms with E-state index < -0.39 is 11.9 Å². The first-order valence-electron chi connectivity index (χ1n) is 14.6. The van der Waals surface area contributed by atoms with Crippen molar-refractivity contribution in [3.8, 4) is 0 Å². The lowest BCUT2D eigenvalue weighted by Gasteiger charge is -2.36. The Labute approximate surface area is 262 Å². The zero-order valence-corrected chi connectivity index (χ0v) is 25.1. The molecule has 0 bridgehead atoms. The Hall–Kier alpha value is -4.86. The molecule has 1 fully saturated rings. The summed E-state index contributed by atoms with van der Waals surface area (Å²) in [6, 6.07) is 15.0. The number of nitrogen functional groups attached to an aromatic ring is 1. The number of nitrogens with two attached hydrogens (primary N) is 1. The number of nitrogens with zero attached hydrogens (tertiary/aromatic N) is 6. The van der Waals surface area contributed by atoms with Crippen LogP contribution in [-0.4, -0.2) is 76.1 Å². The molecule has 1 aliphatic carbocycles. The SMILES string of the molecule is N=NC(C(=O)NCc1cccc(C(=O)Nc2nc3c(s2)CC(N2CCOCC2)CC3)c1)C(=Nc1nonc1N)c1ccccc1. The molecule has 0 spiro atoms. The van der Waals surface area contributed by atoms with Gasteiger partial charge in [0, 0.05) is 36.1 Å². The predicted octanol–water partition coefficient (Wildman–Crippen LogP) is 3.39. The van der Waals surface area contributed by atoms with E-state index >= 15 is 0 Å². The molecule has 1 aliphatic heterocycles. The third kappa shape index (κ3) is 7.11. The summed E-state index contributed by atoms with van der Waals surface area (Å²) in [4.78, 5) is 39.2. The highest BCUT2D eigenvalue weighted by Crippen LogP contribution is 2.32. The number of rotatable bonds is 10. The smallest absolute Gasteiger partial charge is 0.257 e. The quantitative estimate of drug-likeness (QED) is 0.150. The number of fused-ring (bicyclic) bond motifs is 1. The van der Waals surface area contributed by atoms with Crippen LogP contribution < -0.4 is 16.4 Å². The van der Waals surface area contributed by atoms with Crippen molar-refractivity contribution in [1.82, 2.24) is 25.5 Å². The number of ether oxygens (including phenoxy) is 1. The van der Waals surface area contributed by atoms with Gasteiger partial charge in [-0.2, -0.15) is 5.11 Å². The Bertz CT molecular complexity index is 1700. The van der Waals surface area contributed by atoms with Crippen LogP contribution in [0.2, 0.25) is 0 Å². The van der Waals surface area contributed by atoms with Gasteiger partial charge in [0.1, 0.15) is 0 Å². The van der Waals surface area contributed by atoms with Gasteiger partial charge < -0.3 is 15.8 Å². The van der Waals surface area contributed by atoms with Crippen LogP contribution in [0, 0.1) is 5.53 Å². The van der Waals surface area contributed by atoms with E-state index in [2.05, 4.69) is 40.6 Å². The molecule has 0 saturated carbocycles. The van der Waals surface area contributed by atoms with Crippen molar-refractivity contribution in [3.63, 3.8) is 0 Å². The molecule has 1 saturated heterocycles. The molecular formula is C30H32N10O4S. The summed E-state index contributed by atoms with van der Waals surface area (Å²) in [7, 11) is 0. The lowest BCUT2D eigenvalue weighted by atomic mass is 9.96. The van der Waals surface area contributed by atoms with Gasteiger partial charge in [0.2, 0.25) is 11.6 Å².